The third kappa shape index (κ3) is 4.49. The highest BCUT2D eigenvalue weighted by molar-refractivity contribution is 6.30. The Hall–Kier alpha value is -2.45. The molecule has 2 aliphatic rings. The first kappa shape index (κ1) is 20.8. The van der Waals surface area contributed by atoms with Gasteiger partial charge in [0.1, 0.15) is 6.61 Å². The Labute approximate surface area is 179 Å². The number of benzene rings is 2. The molecule has 2 aliphatic heterocycles. The van der Waals surface area contributed by atoms with Crippen molar-refractivity contribution >= 4 is 23.8 Å². The van der Waals surface area contributed by atoms with Crippen LogP contribution >= 0.6 is 11.6 Å². The van der Waals surface area contributed by atoms with E-state index in [1.54, 1.807) is 62.4 Å². The summed E-state index contributed by atoms with van der Waals surface area (Å²) in [7, 11) is 0. The van der Waals surface area contributed by atoms with Gasteiger partial charge >= 0.3 is 5.97 Å². The van der Waals surface area contributed by atoms with Gasteiger partial charge in [0.15, 0.2) is 30.5 Å². The van der Waals surface area contributed by atoms with Crippen molar-refractivity contribution in [3.05, 3.63) is 76.0 Å². The van der Waals surface area contributed by atoms with Gasteiger partial charge in [-0.3, -0.25) is 0 Å². The van der Waals surface area contributed by atoms with Gasteiger partial charge in [-0.05, 0) is 50.2 Å². The molecule has 0 aliphatic carbocycles. The van der Waals surface area contributed by atoms with E-state index < -0.39 is 36.3 Å². The summed E-state index contributed by atoms with van der Waals surface area (Å²) in [6.07, 6.45) is -0.625. The van der Waals surface area contributed by atoms with Gasteiger partial charge in [-0.15, -0.1) is 0 Å². The summed E-state index contributed by atoms with van der Waals surface area (Å²) >= 11 is 5.91. The van der Waals surface area contributed by atoms with Crippen LogP contribution in [0.25, 0.3) is 0 Å². The summed E-state index contributed by atoms with van der Waals surface area (Å²) in [6.45, 7) is 3.41. The maximum atomic E-state index is 13.1. The van der Waals surface area contributed by atoms with Crippen molar-refractivity contribution in [1.29, 1.82) is 0 Å². The van der Waals surface area contributed by atoms with Gasteiger partial charge in [0, 0.05) is 10.6 Å². The molecule has 2 aromatic rings. The fourth-order valence-corrected chi connectivity index (χ4v) is 3.73. The zero-order valence-corrected chi connectivity index (χ0v) is 17.3. The van der Waals surface area contributed by atoms with Gasteiger partial charge in [-0.25, -0.2) is 9.53 Å². The molecular weight excluding hydrogens is 410 g/mol. The number of hydroxylamine groups is 1. The first-order chi connectivity index (χ1) is 14.3. The van der Waals surface area contributed by atoms with E-state index in [1.165, 1.54) is 6.21 Å². The van der Waals surface area contributed by atoms with E-state index in [4.69, 9.17) is 30.5 Å². The normalized spacial score (nSPS) is 27.6. The molecule has 0 bridgehead atoms. The Kier molecular flexibility index (Phi) is 5.79. The standard InChI is InChI=1S/C22H22ClNO6/c1-22(2)29-19-18(24(26)12-14-8-10-16(23)11-9-14)17(28-21(19)30-22)13-27-20(25)15-6-4-3-5-7-15/h3-12,17-19,21H,13H2,1-2H3/b24-12-/t17-,18-,19-,21-/m1/s1. The summed E-state index contributed by atoms with van der Waals surface area (Å²) < 4.78 is 23.7. The molecule has 2 aromatic carbocycles. The number of rotatable bonds is 5. The monoisotopic (exact) mass is 431 g/mol. The van der Waals surface area contributed by atoms with E-state index in [1.807, 2.05) is 6.07 Å². The minimum absolute atomic E-state index is 0.105. The second kappa shape index (κ2) is 8.35. The second-order valence-corrected chi connectivity index (χ2v) is 8.08. The Morgan fingerprint density at radius 3 is 2.57 bits per heavy atom. The molecule has 2 heterocycles. The van der Waals surface area contributed by atoms with Crippen molar-refractivity contribution in [2.24, 2.45) is 0 Å². The molecule has 0 spiro atoms. The second-order valence-electron chi connectivity index (χ2n) is 7.64. The average Bonchev–Trinajstić information content (AvgIpc) is 3.19. The van der Waals surface area contributed by atoms with Crippen LogP contribution in [0.4, 0.5) is 0 Å². The van der Waals surface area contributed by atoms with Gasteiger partial charge in [0.05, 0.1) is 5.56 Å². The molecule has 0 saturated carbocycles. The SMILES string of the molecule is CC1(C)O[C@H]2O[C@H](COC(=O)c3ccccc3)[C@@H](/[N+]([O-])=C/c3ccc(Cl)cc3)[C@H]2O1. The van der Waals surface area contributed by atoms with Crippen LogP contribution in [0.5, 0.6) is 0 Å². The summed E-state index contributed by atoms with van der Waals surface area (Å²) in [5, 5.41) is 13.6. The quantitative estimate of drug-likeness (QED) is 0.237. The smallest absolute Gasteiger partial charge is 0.338 e. The number of hydrogen-bond acceptors (Lipinski definition) is 6. The Morgan fingerprint density at radius 2 is 1.87 bits per heavy atom. The zero-order chi connectivity index (χ0) is 21.3. The van der Waals surface area contributed by atoms with Gasteiger partial charge in [0.2, 0.25) is 6.04 Å². The van der Waals surface area contributed by atoms with Crippen molar-refractivity contribution < 1.29 is 28.5 Å². The van der Waals surface area contributed by atoms with E-state index in [0.29, 0.717) is 16.1 Å². The van der Waals surface area contributed by atoms with Crippen LogP contribution in [0.2, 0.25) is 5.02 Å². The van der Waals surface area contributed by atoms with Gasteiger partial charge in [-0.1, -0.05) is 29.8 Å². The molecule has 4 rings (SSSR count). The van der Waals surface area contributed by atoms with Crippen LogP contribution in [0.3, 0.4) is 0 Å². The predicted octanol–water partition coefficient (Wildman–Crippen LogP) is 3.37. The van der Waals surface area contributed by atoms with Crippen LogP contribution in [-0.4, -0.2) is 53.9 Å². The third-order valence-electron chi connectivity index (χ3n) is 4.94. The maximum absolute atomic E-state index is 13.1. The summed E-state index contributed by atoms with van der Waals surface area (Å²) in [4.78, 5) is 12.3. The van der Waals surface area contributed by atoms with Gasteiger partial charge in [-0.2, -0.15) is 0 Å². The van der Waals surface area contributed by atoms with Crippen LogP contribution in [-0.2, 0) is 18.9 Å². The summed E-state index contributed by atoms with van der Waals surface area (Å²) in [6, 6.07) is 14.8. The van der Waals surface area contributed by atoms with Crippen molar-refractivity contribution in [3.8, 4) is 0 Å². The molecule has 8 heteroatoms. The van der Waals surface area contributed by atoms with Crippen LogP contribution in [0, 0.1) is 5.21 Å². The molecule has 7 nitrogen and oxygen atoms in total. The highest BCUT2D eigenvalue weighted by atomic mass is 35.5. The Bertz CT molecular complexity index is 930. The molecule has 0 N–H and O–H groups in total. The minimum atomic E-state index is -0.875. The van der Waals surface area contributed by atoms with Crippen LogP contribution < -0.4 is 0 Å². The molecule has 30 heavy (non-hydrogen) atoms. The molecular formula is C22H22ClNO6. The van der Waals surface area contributed by atoms with Gasteiger partial charge < -0.3 is 24.2 Å². The van der Waals surface area contributed by atoms with Crippen molar-refractivity contribution in [1.82, 2.24) is 0 Å². The van der Waals surface area contributed by atoms with E-state index in [2.05, 4.69) is 0 Å². The number of ether oxygens (including phenoxy) is 4. The lowest BCUT2D eigenvalue weighted by molar-refractivity contribution is -0.514. The predicted molar refractivity (Wildman–Crippen MR) is 109 cm³/mol. The van der Waals surface area contributed by atoms with Crippen molar-refractivity contribution in [2.45, 2.75) is 44.2 Å². The number of carbonyl (C=O) groups is 1. The fraction of sp³-hybridized carbons (Fsp3) is 0.364. The molecule has 158 valence electrons. The van der Waals surface area contributed by atoms with Crippen molar-refractivity contribution in [3.63, 3.8) is 0 Å². The molecule has 4 atom stereocenters. The number of esters is 1. The van der Waals surface area contributed by atoms with E-state index in [0.717, 1.165) is 4.74 Å². The number of carbonyl (C=O) groups excluding carboxylic acids is 1. The molecule has 0 unspecified atom stereocenters. The Morgan fingerprint density at radius 1 is 1.17 bits per heavy atom. The largest absolute Gasteiger partial charge is 0.623 e. The minimum Gasteiger partial charge on any atom is -0.623 e. The van der Waals surface area contributed by atoms with Gasteiger partial charge in [0.25, 0.3) is 0 Å². The summed E-state index contributed by atoms with van der Waals surface area (Å²) in [5.74, 6) is -1.36. The molecule has 0 aromatic heterocycles. The topological polar surface area (TPSA) is 80.1 Å². The number of fused-ring (bicyclic) bond motifs is 1. The average molecular weight is 432 g/mol. The van der Waals surface area contributed by atoms with E-state index in [9.17, 15) is 10.0 Å². The number of nitrogens with zero attached hydrogens (tertiary/aromatic N) is 1. The number of hydrogen-bond donors (Lipinski definition) is 0. The molecule has 2 saturated heterocycles. The molecule has 0 radical (unpaired) electrons. The highest BCUT2D eigenvalue weighted by Crippen LogP contribution is 2.38. The summed E-state index contributed by atoms with van der Waals surface area (Å²) in [5.41, 5.74) is 1.10. The van der Waals surface area contributed by atoms with Crippen LogP contribution in [0.1, 0.15) is 29.8 Å². The lowest BCUT2D eigenvalue weighted by Gasteiger charge is -2.24. The van der Waals surface area contributed by atoms with E-state index in [-0.39, 0.29) is 6.61 Å². The third-order valence-corrected chi connectivity index (χ3v) is 5.19. The first-order valence-electron chi connectivity index (χ1n) is 9.61. The fourth-order valence-electron chi connectivity index (χ4n) is 3.60. The zero-order valence-electron chi connectivity index (χ0n) is 16.6. The van der Waals surface area contributed by atoms with Crippen LogP contribution in [0.15, 0.2) is 54.6 Å². The van der Waals surface area contributed by atoms with E-state index >= 15 is 0 Å². The highest BCUT2D eigenvalue weighted by Gasteiger charge is 2.59. The lowest BCUT2D eigenvalue weighted by Crippen LogP contribution is -2.44. The Balaban J connectivity index is 1.53. The molecule has 0 amide bonds. The van der Waals surface area contributed by atoms with Crippen molar-refractivity contribution in [2.75, 3.05) is 6.61 Å². The lowest BCUT2D eigenvalue weighted by atomic mass is 10.1. The first-order valence-corrected chi connectivity index (χ1v) is 9.99. The molecule has 2 fully saturated rings. The number of halogens is 1. The maximum Gasteiger partial charge on any atom is 0.338 e.